The number of hydrogen-bond donors (Lipinski definition) is 1. The number of carbonyl (C=O) groups is 1. The van der Waals surface area contributed by atoms with Crippen LogP contribution >= 0.6 is 23.4 Å². The quantitative estimate of drug-likeness (QED) is 0.938. The molecule has 0 aliphatic carbocycles. The van der Waals surface area contributed by atoms with Gasteiger partial charge in [0.1, 0.15) is 5.82 Å². The SMILES string of the molecule is Cc1nnc(Sc2ccc(Cl)cc2C(=O)O)n1C. The van der Waals surface area contributed by atoms with Gasteiger partial charge in [-0.05, 0) is 36.9 Å². The molecule has 1 aromatic carbocycles. The van der Waals surface area contributed by atoms with Crippen molar-refractivity contribution >= 4 is 29.3 Å². The van der Waals surface area contributed by atoms with Crippen molar-refractivity contribution in [2.45, 2.75) is 17.0 Å². The van der Waals surface area contributed by atoms with Gasteiger partial charge in [0.15, 0.2) is 5.16 Å². The van der Waals surface area contributed by atoms with E-state index in [2.05, 4.69) is 10.2 Å². The zero-order chi connectivity index (χ0) is 13.3. The number of hydrogen-bond acceptors (Lipinski definition) is 4. The third-order valence-electron chi connectivity index (χ3n) is 2.43. The maximum atomic E-state index is 11.1. The van der Waals surface area contributed by atoms with Gasteiger partial charge in [0.25, 0.3) is 0 Å². The Morgan fingerprint density at radius 3 is 2.72 bits per heavy atom. The fourth-order valence-corrected chi connectivity index (χ4v) is 2.45. The van der Waals surface area contributed by atoms with Crippen LogP contribution in [0.2, 0.25) is 5.02 Å². The summed E-state index contributed by atoms with van der Waals surface area (Å²) in [6, 6.07) is 4.75. The van der Waals surface area contributed by atoms with E-state index in [0.29, 0.717) is 15.1 Å². The molecule has 18 heavy (non-hydrogen) atoms. The Balaban J connectivity index is 2.40. The standard InChI is InChI=1S/C11H10ClN3O2S/c1-6-13-14-11(15(6)2)18-9-4-3-7(12)5-8(9)10(16)17/h3-5H,1-2H3,(H,16,17). The monoisotopic (exact) mass is 283 g/mol. The maximum absolute atomic E-state index is 11.1. The molecule has 0 aliphatic rings. The smallest absolute Gasteiger partial charge is 0.336 e. The van der Waals surface area contributed by atoms with Crippen molar-refractivity contribution in [3.63, 3.8) is 0 Å². The fourth-order valence-electron chi connectivity index (χ4n) is 1.33. The predicted octanol–water partition coefficient (Wildman–Crippen LogP) is 2.63. The normalized spacial score (nSPS) is 10.6. The first-order valence-electron chi connectivity index (χ1n) is 5.05. The number of aromatic nitrogens is 3. The highest BCUT2D eigenvalue weighted by molar-refractivity contribution is 7.99. The topological polar surface area (TPSA) is 68.0 Å². The van der Waals surface area contributed by atoms with Crippen molar-refractivity contribution in [1.29, 1.82) is 0 Å². The van der Waals surface area contributed by atoms with E-state index in [1.54, 1.807) is 16.7 Å². The average Bonchev–Trinajstić information content (AvgIpc) is 2.63. The van der Waals surface area contributed by atoms with Crippen LogP contribution in [0.15, 0.2) is 28.3 Å². The Morgan fingerprint density at radius 2 is 2.17 bits per heavy atom. The van der Waals surface area contributed by atoms with E-state index in [1.165, 1.54) is 17.8 Å². The van der Waals surface area contributed by atoms with Crippen LogP contribution in [0.4, 0.5) is 0 Å². The number of benzene rings is 1. The van der Waals surface area contributed by atoms with Crippen molar-refractivity contribution in [2.75, 3.05) is 0 Å². The minimum atomic E-state index is -1.01. The second-order valence-corrected chi connectivity index (χ2v) is 5.08. The number of carboxylic acids is 1. The summed E-state index contributed by atoms with van der Waals surface area (Å²) in [5.74, 6) is -0.248. The van der Waals surface area contributed by atoms with Crippen LogP contribution in [0.1, 0.15) is 16.2 Å². The Hall–Kier alpha value is -1.53. The molecular formula is C11H10ClN3O2S. The third kappa shape index (κ3) is 2.49. The van der Waals surface area contributed by atoms with Gasteiger partial charge in [-0.2, -0.15) is 0 Å². The molecule has 7 heteroatoms. The maximum Gasteiger partial charge on any atom is 0.336 e. The summed E-state index contributed by atoms with van der Waals surface area (Å²) >= 11 is 7.04. The van der Waals surface area contributed by atoms with Gasteiger partial charge in [-0.3, -0.25) is 0 Å². The molecule has 0 fully saturated rings. The number of rotatable bonds is 3. The molecule has 0 amide bonds. The average molecular weight is 284 g/mol. The van der Waals surface area contributed by atoms with E-state index in [0.717, 1.165) is 5.82 Å². The van der Waals surface area contributed by atoms with Gasteiger partial charge in [-0.1, -0.05) is 11.6 Å². The van der Waals surface area contributed by atoms with Gasteiger partial charge >= 0.3 is 5.97 Å². The van der Waals surface area contributed by atoms with E-state index < -0.39 is 5.97 Å². The minimum Gasteiger partial charge on any atom is -0.478 e. The van der Waals surface area contributed by atoms with Crippen LogP contribution in [-0.2, 0) is 7.05 Å². The lowest BCUT2D eigenvalue weighted by molar-refractivity contribution is 0.0693. The lowest BCUT2D eigenvalue weighted by Gasteiger charge is -2.05. The first-order valence-corrected chi connectivity index (χ1v) is 6.25. The Labute approximate surface area is 113 Å². The van der Waals surface area contributed by atoms with Crippen LogP contribution in [0.3, 0.4) is 0 Å². The van der Waals surface area contributed by atoms with Crippen molar-refractivity contribution in [3.8, 4) is 0 Å². The van der Waals surface area contributed by atoms with E-state index in [9.17, 15) is 4.79 Å². The van der Waals surface area contributed by atoms with Gasteiger partial charge in [-0.25, -0.2) is 4.79 Å². The Kier molecular flexibility index (Phi) is 3.58. The minimum absolute atomic E-state index is 0.160. The Bertz CT molecular complexity index is 612. The zero-order valence-electron chi connectivity index (χ0n) is 9.72. The van der Waals surface area contributed by atoms with E-state index >= 15 is 0 Å². The lowest BCUT2D eigenvalue weighted by Crippen LogP contribution is -2.00. The summed E-state index contributed by atoms with van der Waals surface area (Å²) in [6.45, 7) is 1.83. The van der Waals surface area contributed by atoms with Gasteiger partial charge in [0, 0.05) is 17.0 Å². The van der Waals surface area contributed by atoms with Crippen molar-refractivity contribution < 1.29 is 9.90 Å². The van der Waals surface area contributed by atoms with Gasteiger partial charge < -0.3 is 9.67 Å². The number of aromatic carboxylic acids is 1. The summed E-state index contributed by atoms with van der Waals surface area (Å²) < 4.78 is 1.80. The zero-order valence-corrected chi connectivity index (χ0v) is 11.3. The number of carboxylic acid groups (broad SMARTS) is 1. The predicted molar refractivity (Wildman–Crippen MR) is 68.3 cm³/mol. The summed E-state index contributed by atoms with van der Waals surface area (Å²) in [5, 5.41) is 18.1. The van der Waals surface area contributed by atoms with Gasteiger partial charge in [-0.15, -0.1) is 10.2 Å². The van der Waals surface area contributed by atoms with Crippen molar-refractivity contribution in [2.24, 2.45) is 7.05 Å². The molecule has 0 spiro atoms. The summed E-state index contributed by atoms with van der Waals surface area (Å²) in [7, 11) is 1.83. The molecule has 1 N–H and O–H groups in total. The number of halogens is 1. The highest BCUT2D eigenvalue weighted by atomic mass is 35.5. The molecule has 2 aromatic rings. The highest BCUT2D eigenvalue weighted by Crippen LogP contribution is 2.30. The number of nitrogens with zero attached hydrogens (tertiary/aromatic N) is 3. The first-order chi connectivity index (χ1) is 8.49. The number of aryl methyl sites for hydroxylation is 1. The van der Waals surface area contributed by atoms with E-state index in [4.69, 9.17) is 16.7 Å². The first kappa shape index (κ1) is 12.9. The van der Waals surface area contributed by atoms with Crippen molar-refractivity contribution in [3.05, 3.63) is 34.6 Å². The fraction of sp³-hybridized carbons (Fsp3) is 0.182. The molecule has 0 unspecified atom stereocenters. The van der Waals surface area contributed by atoms with Crippen LogP contribution in [0.5, 0.6) is 0 Å². The molecule has 2 rings (SSSR count). The summed E-state index contributed by atoms with van der Waals surface area (Å²) in [5.41, 5.74) is 0.160. The van der Waals surface area contributed by atoms with Crippen molar-refractivity contribution in [1.82, 2.24) is 14.8 Å². The molecule has 1 heterocycles. The van der Waals surface area contributed by atoms with Crippen LogP contribution in [0.25, 0.3) is 0 Å². The van der Waals surface area contributed by atoms with Crippen LogP contribution in [0, 0.1) is 6.92 Å². The van der Waals surface area contributed by atoms with E-state index in [1.807, 2.05) is 14.0 Å². The molecule has 0 bridgehead atoms. The molecule has 0 saturated heterocycles. The van der Waals surface area contributed by atoms with E-state index in [-0.39, 0.29) is 5.56 Å². The summed E-state index contributed by atoms with van der Waals surface area (Å²) in [6.07, 6.45) is 0. The summed E-state index contributed by atoms with van der Waals surface area (Å²) in [4.78, 5) is 11.7. The molecule has 5 nitrogen and oxygen atoms in total. The van der Waals surface area contributed by atoms with Gasteiger partial charge in [0.2, 0.25) is 0 Å². The molecule has 0 saturated carbocycles. The second kappa shape index (κ2) is 4.99. The molecular weight excluding hydrogens is 274 g/mol. The lowest BCUT2D eigenvalue weighted by atomic mass is 10.2. The van der Waals surface area contributed by atoms with Crippen LogP contribution in [-0.4, -0.2) is 25.8 Å². The van der Waals surface area contributed by atoms with Crippen LogP contribution < -0.4 is 0 Å². The Morgan fingerprint density at radius 1 is 1.44 bits per heavy atom. The molecule has 0 radical (unpaired) electrons. The largest absolute Gasteiger partial charge is 0.478 e. The molecule has 0 atom stereocenters. The molecule has 1 aromatic heterocycles. The second-order valence-electron chi connectivity index (χ2n) is 3.64. The van der Waals surface area contributed by atoms with Gasteiger partial charge in [0.05, 0.1) is 5.56 Å². The third-order valence-corrected chi connectivity index (χ3v) is 3.77. The molecule has 94 valence electrons. The molecule has 0 aliphatic heterocycles. The highest BCUT2D eigenvalue weighted by Gasteiger charge is 2.15.